The van der Waals surface area contributed by atoms with Crippen LogP contribution in [0.2, 0.25) is 5.02 Å². The van der Waals surface area contributed by atoms with Gasteiger partial charge in [-0.15, -0.1) is 24.0 Å². The molecule has 3 N–H and O–H groups in total. The second-order valence-electron chi connectivity index (χ2n) is 7.18. The van der Waals surface area contributed by atoms with Crippen molar-refractivity contribution < 1.29 is 8.42 Å². The van der Waals surface area contributed by atoms with Crippen molar-refractivity contribution in [2.24, 2.45) is 4.99 Å². The average Bonchev–Trinajstić information content (AvgIpc) is 3.21. The maximum absolute atomic E-state index is 12.2. The minimum atomic E-state index is -3.38. The highest BCUT2D eigenvalue weighted by molar-refractivity contribution is 14.0. The summed E-state index contributed by atoms with van der Waals surface area (Å²) in [7, 11) is -1.69. The molecule has 1 saturated heterocycles. The van der Waals surface area contributed by atoms with E-state index in [0.717, 1.165) is 35.8 Å². The molecule has 1 fully saturated rings. The molecule has 1 aliphatic rings. The molecule has 31 heavy (non-hydrogen) atoms. The van der Waals surface area contributed by atoms with Gasteiger partial charge in [0.15, 0.2) is 5.96 Å². The van der Waals surface area contributed by atoms with E-state index in [1.807, 2.05) is 48.5 Å². The summed E-state index contributed by atoms with van der Waals surface area (Å²) < 4.78 is 27.1. The fourth-order valence-corrected chi connectivity index (χ4v) is 4.42. The number of anilines is 1. The second kappa shape index (κ2) is 12.5. The molecule has 7 nitrogen and oxygen atoms in total. The van der Waals surface area contributed by atoms with Crippen molar-refractivity contribution in [3.63, 3.8) is 0 Å². The quantitative estimate of drug-likeness (QED) is 0.255. The zero-order chi connectivity index (χ0) is 21.4. The van der Waals surface area contributed by atoms with Crippen LogP contribution in [0.3, 0.4) is 0 Å². The van der Waals surface area contributed by atoms with E-state index in [1.54, 1.807) is 7.05 Å². The molecular weight excluding hydrogens is 549 g/mol. The molecule has 1 unspecified atom stereocenters. The van der Waals surface area contributed by atoms with Crippen LogP contribution >= 0.6 is 35.6 Å². The number of rotatable bonds is 8. The number of benzene rings is 2. The third-order valence-corrected chi connectivity index (χ3v) is 6.49. The van der Waals surface area contributed by atoms with Crippen molar-refractivity contribution in [1.82, 2.24) is 15.4 Å². The minimum Gasteiger partial charge on any atom is -0.369 e. The fraction of sp³-hybridized carbons (Fsp3) is 0.381. The lowest BCUT2D eigenvalue weighted by atomic mass is 10.2. The summed E-state index contributed by atoms with van der Waals surface area (Å²) in [4.78, 5) is 6.49. The minimum absolute atomic E-state index is 0. The first-order chi connectivity index (χ1) is 14.4. The number of nitrogens with zero attached hydrogens (tertiary/aromatic N) is 2. The van der Waals surface area contributed by atoms with Crippen molar-refractivity contribution in [3.05, 3.63) is 65.2 Å². The molecule has 0 radical (unpaired) electrons. The third kappa shape index (κ3) is 8.47. The van der Waals surface area contributed by atoms with Gasteiger partial charge in [0.25, 0.3) is 0 Å². The molecule has 2 aromatic rings. The fourth-order valence-electron chi connectivity index (χ4n) is 3.34. The van der Waals surface area contributed by atoms with E-state index in [-0.39, 0.29) is 48.9 Å². The lowest BCUT2D eigenvalue weighted by Gasteiger charge is -2.20. The van der Waals surface area contributed by atoms with E-state index < -0.39 is 10.0 Å². The van der Waals surface area contributed by atoms with Gasteiger partial charge < -0.3 is 15.5 Å². The van der Waals surface area contributed by atoms with Crippen LogP contribution in [0.4, 0.5) is 5.69 Å². The summed E-state index contributed by atoms with van der Waals surface area (Å²) in [6.07, 6.45) is 0.962. The van der Waals surface area contributed by atoms with Crippen LogP contribution in [0.25, 0.3) is 0 Å². The van der Waals surface area contributed by atoms with Crippen molar-refractivity contribution in [3.8, 4) is 0 Å². The predicted molar refractivity (Wildman–Crippen MR) is 139 cm³/mol. The second-order valence-corrected chi connectivity index (χ2v) is 9.54. The van der Waals surface area contributed by atoms with E-state index >= 15 is 0 Å². The Morgan fingerprint density at radius 1 is 1.19 bits per heavy atom. The monoisotopic (exact) mass is 577 g/mol. The first-order valence-electron chi connectivity index (χ1n) is 9.94. The van der Waals surface area contributed by atoms with Gasteiger partial charge in [-0.05, 0) is 30.2 Å². The van der Waals surface area contributed by atoms with Crippen LogP contribution in [0.5, 0.6) is 0 Å². The average molecular weight is 578 g/mol. The first-order valence-corrected chi connectivity index (χ1v) is 12.0. The molecular formula is C21H29ClIN5O2S. The summed E-state index contributed by atoms with van der Waals surface area (Å²) in [5.41, 5.74) is 2.03. The zero-order valence-electron chi connectivity index (χ0n) is 17.4. The number of aliphatic imine (C=N–C) groups is 1. The summed E-state index contributed by atoms with van der Waals surface area (Å²) in [5, 5.41) is 7.19. The van der Waals surface area contributed by atoms with Crippen LogP contribution in [0, 0.1) is 0 Å². The van der Waals surface area contributed by atoms with Crippen molar-refractivity contribution in [2.45, 2.75) is 19.0 Å². The van der Waals surface area contributed by atoms with Crippen LogP contribution in [-0.2, 0) is 16.6 Å². The number of halogens is 2. The highest BCUT2D eigenvalue weighted by Gasteiger charge is 2.23. The van der Waals surface area contributed by atoms with Gasteiger partial charge in [-0.1, -0.05) is 48.0 Å². The Balaban J connectivity index is 0.00000341. The smallest absolute Gasteiger partial charge is 0.213 e. The van der Waals surface area contributed by atoms with Crippen molar-refractivity contribution >= 4 is 57.2 Å². The molecule has 3 rings (SSSR count). The van der Waals surface area contributed by atoms with Gasteiger partial charge in [-0.25, -0.2) is 13.1 Å². The van der Waals surface area contributed by atoms with Gasteiger partial charge in [-0.2, -0.15) is 0 Å². The Bertz CT molecular complexity index is 959. The lowest BCUT2D eigenvalue weighted by Crippen LogP contribution is -2.46. The largest absolute Gasteiger partial charge is 0.369 e. The summed E-state index contributed by atoms with van der Waals surface area (Å²) in [6, 6.07) is 17.5. The topological polar surface area (TPSA) is 85.8 Å². The highest BCUT2D eigenvalue weighted by atomic mass is 127. The molecule has 170 valence electrons. The van der Waals surface area contributed by atoms with E-state index in [4.69, 9.17) is 11.6 Å². The molecule has 0 amide bonds. The Labute approximate surface area is 206 Å². The standard InChI is InChI=1S/C21H28ClN5O2S.HI/c1-23-21(24-11-13-30(28,29)25-15-17-6-3-2-4-7-17)26-19-10-12-27(16-19)20-9-5-8-18(22)14-20;/h2-9,14,19,25H,10-13,15-16H2,1H3,(H2,23,24,26);1H. The Hall–Kier alpha value is -1.56. The number of hydrogen-bond acceptors (Lipinski definition) is 4. The maximum atomic E-state index is 12.2. The molecule has 0 aromatic heterocycles. The molecule has 0 bridgehead atoms. The number of sulfonamides is 1. The third-order valence-electron chi connectivity index (χ3n) is 4.93. The van der Waals surface area contributed by atoms with Gasteiger partial charge in [0.2, 0.25) is 10.0 Å². The number of guanidine groups is 1. The SMILES string of the molecule is CN=C(NCCS(=O)(=O)NCc1ccccc1)NC1CCN(c2cccc(Cl)c2)C1.I. The number of nitrogens with one attached hydrogen (secondary N) is 3. The van der Waals surface area contributed by atoms with Gasteiger partial charge in [0.05, 0.1) is 5.75 Å². The van der Waals surface area contributed by atoms with Gasteiger partial charge in [0.1, 0.15) is 0 Å². The molecule has 0 saturated carbocycles. The van der Waals surface area contributed by atoms with Crippen molar-refractivity contribution in [1.29, 1.82) is 0 Å². The Morgan fingerprint density at radius 2 is 1.97 bits per heavy atom. The lowest BCUT2D eigenvalue weighted by molar-refractivity contribution is 0.579. The molecule has 10 heteroatoms. The van der Waals surface area contributed by atoms with Gasteiger partial charge in [0, 0.05) is 50.0 Å². The maximum Gasteiger partial charge on any atom is 0.213 e. The van der Waals surface area contributed by atoms with E-state index in [0.29, 0.717) is 5.96 Å². The van der Waals surface area contributed by atoms with E-state index in [1.165, 1.54) is 0 Å². The van der Waals surface area contributed by atoms with Crippen LogP contribution in [0.15, 0.2) is 59.6 Å². The molecule has 1 aliphatic heterocycles. The summed E-state index contributed by atoms with van der Waals surface area (Å²) >= 11 is 6.09. The summed E-state index contributed by atoms with van der Waals surface area (Å²) in [5.74, 6) is 0.575. The van der Waals surface area contributed by atoms with Crippen LogP contribution in [-0.4, -0.2) is 52.9 Å². The number of hydrogen-bond donors (Lipinski definition) is 3. The Morgan fingerprint density at radius 3 is 2.68 bits per heavy atom. The molecule has 1 heterocycles. The molecule has 0 spiro atoms. The van der Waals surface area contributed by atoms with Gasteiger partial charge in [-0.3, -0.25) is 4.99 Å². The van der Waals surface area contributed by atoms with E-state index in [2.05, 4.69) is 31.3 Å². The Kier molecular flexibility index (Phi) is 10.3. The highest BCUT2D eigenvalue weighted by Crippen LogP contribution is 2.23. The molecule has 1 atom stereocenters. The van der Waals surface area contributed by atoms with Gasteiger partial charge >= 0.3 is 0 Å². The van der Waals surface area contributed by atoms with E-state index in [9.17, 15) is 8.42 Å². The van der Waals surface area contributed by atoms with Crippen molar-refractivity contribution in [2.75, 3.05) is 37.3 Å². The predicted octanol–water partition coefficient (Wildman–Crippen LogP) is 2.82. The first kappa shape index (κ1) is 25.7. The molecule has 2 aromatic carbocycles. The summed E-state index contributed by atoms with van der Waals surface area (Å²) in [6.45, 7) is 2.32. The van der Waals surface area contributed by atoms with Crippen LogP contribution in [0.1, 0.15) is 12.0 Å². The normalized spacial score (nSPS) is 16.6. The van der Waals surface area contributed by atoms with Crippen LogP contribution < -0.4 is 20.3 Å². The molecule has 0 aliphatic carbocycles. The zero-order valence-corrected chi connectivity index (χ0v) is 21.3.